The normalized spacial score (nSPS) is 9.65. The summed E-state index contributed by atoms with van der Waals surface area (Å²) in [5, 5.41) is 2.81. The number of aromatic nitrogens is 1. The lowest BCUT2D eigenvalue weighted by molar-refractivity contribution is 0.0953. The van der Waals surface area contributed by atoms with E-state index in [0.29, 0.717) is 24.1 Å². The Bertz CT molecular complexity index is 624. The highest BCUT2D eigenvalue weighted by atomic mass is 16.3. The van der Waals surface area contributed by atoms with E-state index in [1.54, 1.807) is 18.5 Å². The summed E-state index contributed by atoms with van der Waals surface area (Å²) < 4.78 is 5.19. The number of nitrogens with two attached hydrogens (primary N) is 1. The molecule has 0 atom stereocenters. The molecule has 0 unspecified atom stereocenters. The fourth-order valence-electron chi connectivity index (χ4n) is 1.64. The van der Waals surface area contributed by atoms with E-state index in [2.05, 4.69) is 22.1 Å². The van der Waals surface area contributed by atoms with Crippen molar-refractivity contribution in [3.8, 4) is 11.8 Å². The van der Waals surface area contributed by atoms with Crippen molar-refractivity contribution >= 4 is 5.91 Å². The largest absolute Gasteiger partial charge is 0.469 e. The standard InChI is InChI=1S/C15H15N3O2/c16-6-1-3-12-9-13(11-17-10-12)15(19)18-7-5-14-4-2-8-20-14/h2,4,8-11H,5-7,16H2,(H,18,19). The van der Waals surface area contributed by atoms with Crippen LogP contribution in [0.25, 0.3) is 0 Å². The quantitative estimate of drug-likeness (QED) is 0.810. The van der Waals surface area contributed by atoms with Gasteiger partial charge in [-0.25, -0.2) is 0 Å². The zero-order chi connectivity index (χ0) is 14.2. The minimum Gasteiger partial charge on any atom is -0.469 e. The van der Waals surface area contributed by atoms with Crippen LogP contribution in [-0.4, -0.2) is 24.0 Å². The number of pyridine rings is 1. The van der Waals surface area contributed by atoms with Gasteiger partial charge in [-0.2, -0.15) is 0 Å². The topological polar surface area (TPSA) is 81.1 Å². The number of nitrogens with one attached hydrogen (secondary N) is 1. The second-order valence-corrected chi connectivity index (χ2v) is 4.05. The van der Waals surface area contributed by atoms with Crippen molar-refractivity contribution in [2.45, 2.75) is 6.42 Å². The van der Waals surface area contributed by atoms with Crippen molar-refractivity contribution in [2.24, 2.45) is 5.73 Å². The predicted molar refractivity (Wildman–Crippen MR) is 74.9 cm³/mol. The van der Waals surface area contributed by atoms with Crippen molar-refractivity contribution < 1.29 is 9.21 Å². The lowest BCUT2D eigenvalue weighted by atomic mass is 10.2. The summed E-state index contributed by atoms with van der Waals surface area (Å²) in [6, 6.07) is 5.38. The summed E-state index contributed by atoms with van der Waals surface area (Å²) in [6.07, 6.45) is 5.37. The van der Waals surface area contributed by atoms with Gasteiger partial charge in [-0.05, 0) is 18.2 Å². The highest BCUT2D eigenvalue weighted by Gasteiger charge is 2.06. The zero-order valence-electron chi connectivity index (χ0n) is 10.9. The van der Waals surface area contributed by atoms with Crippen LogP contribution in [0.2, 0.25) is 0 Å². The van der Waals surface area contributed by atoms with Gasteiger partial charge in [0.1, 0.15) is 5.76 Å². The molecule has 0 saturated heterocycles. The molecule has 0 saturated carbocycles. The van der Waals surface area contributed by atoms with E-state index in [9.17, 15) is 4.79 Å². The van der Waals surface area contributed by atoms with Gasteiger partial charge in [0.2, 0.25) is 0 Å². The lowest BCUT2D eigenvalue weighted by Gasteiger charge is -2.04. The van der Waals surface area contributed by atoms with E-state index < -0.39 is 0 Å². The van der Waals surface area contributed by atoms with Gasteiger partial charge < -0.3 is 15.5 Å². The SMILES string of the molecule is NCC#Cc1cncc(C(=O)NCCc2ccco2)c1. The van der Waals surface area contributed by atoms with Crippen LogP contribution in [0.1, 0.15) is 21.7 Å². The number of carbonyl (C=O) groups excluding carboxylic acids is 1. The van der Waals surface area contributed by atoms with Gasteiger partial charge in [-0.3, -0.25) is 9.78 Å². The fourth-order valence-corrected chi connectivity index (χ4v) is 1.64. The Morgan fingerprint density at radius 2 is 2.35 bits per heavy atom. The molecule has 3 N–H and O–H groups in total. The first-order valence-electron chi connectivity index (χ1n) is 6.24. The van der Waals surface area contributed by atoms with Gasteiger partial charge in [-0.15, -0.1) is 0 Å². The molecule has 0 aliphatic heterocycles. The molecule has 2 heterocycles. The zero-order valence-corrected chi connectivity index (χ0v) is 10.9. The third-order valence-electron chi connectivity index (χ3n) is 2.57. The number of rotatable bonds is 4. The first-order valence-corrected chi connectivity index (χ1v) is 6.24. The number of amides is 1. The number of hydrogen-bond donors (Lipinski definition) is 2. The minimum atomic E-state index is -0.180. The average molecular weight is 269 g/mol. The van der Waals surface area contributed by atoms with Gasteiger partial charge in [0.05, 0.1) is 18.4 Å². The van der Waals surface area contributed by atoms with Crippen molar-refractivity contribution in [1.29, 1.82) is 0 Å². The van der Waals surface area contributed by atoms with Gasteiger partial charge in [0.15, 0.2) is 0 Å². The third-order valence-corrected chi connectivity index (χ3v) is 2.57. The number of nitrogens with zero attached hydrogens (tertiary/aromatic N) is 1. The first-order chi connectivity index (χ1) is 9.79. The summed E-state index contributed by atoms with van der Waals surface area (Å²) in [7, 11) is 0. The molecule has 2 rings (SSSR count). The van der Waals surface area contributed by atoms with Crippen molar-refractivity contribution in [2.75, 3.05) is 13.1 Å². The highest BCUT2D eigenvalue weighted by Crippen LogP contribution is 2.03. The first kappa shape index (κ1) is 13.8. The Labute approximate surface area is 117 Å². The van der Waals surface area contributed by atoms with Crippen LogP contribution in [0, 0.1) is 11.8 Å². The molecular formula is C15H15N3O2. The average Bonchev–Trinajstić information content (AvgIpc) is 2.98. The molecule has 0 radical (unpaired) electrons. The highest BCUT2D eigenvalue weighted by molar-refractivity contribution is 5.94. The Morgan fingerprint density at radius 3 is 3.10 bits per heavy atom. The fraction of sp³-hybridized carbons (Fsp3) is 0.200. The van der Waals surface area contributed by atoms with Crippen LogP contribution in [0.4, 0.5) is 0 Å². The van der Waals surface area contributed by atoms with E-state index in [0.717, 1.165) is 5.76 Å². The molecule has 5 heteroatoms. The second kappa shape index (κ2) is 7.12. The van der Waals surface area contributed by atoms with Crippen molar-refractivity contribution in [3.63, 3.8) is 0 Å². The summed E-state index contributed by atoms with van der Waals surface area (Å²) in [5.74, 6) is 6.23. The summed E-state index contributed by atoms with van der Waals surface area (Å²) in [6.45, 7) is 0.782. The van der Waals surface area contributed by atoms with Crippen molar-refractivity contribution in [3.05, 3.63) is 53.7 Å². The van der Waals surface area contributed by atoms with Crippen molar-refractivity contribution in [1.82, 2.24) is 10.3 Å². The lowest BCUT2D eigenvalue weighted by Crippen LogP contribution is -2.25. The van der Waals surface area contributed by atoms with Gasteiger partial charge in [0, 0.05) is 30.9 Å². The van der Waals surface area contributed by atoms with Gasteiger partial charge >= 0.3 is 0 Å². The molecule has 1 amide bonds. The second-order valence-electron chi connectivity index (χ2n) is 4.05. The van der Waals surface area contributed by atoms with Gasteiger partial charge in [-0.1, -0.05) is 11.8 Å². The van der Waals surface area contributed by atoms with Crippen LogP contribution in [0.15, 0.2) is 41.3 Å². The van der Waals surface area contributed by atoms with Crippen LogP contribution in [-0.2, 0) is 6.42 Å². The maximum absolute atomic E-state index is 11.9. The Balaban J connectivity index is 1.91. The Kier molecular flexibility index (Phi) is 4.93. The maximum Gasteiger partial charge on any atom is 0.252 e. The van der Waals surface area contributed by atoms with Crippen LogP contribution < -0.4 is 11.1 Å². The third kappa shape index (κ3) is 3.97. The number of hydrogen-bond acceptors (Lipinski definition) is 4. The molecule has 0 aromatic carbocycles. The molecule has 20 heavy (non-hydrogen) atoms. The maximum atomic E-state index is 11.9. The molecule has 0 aliphatic carbocycles. The van der Waals surface area contributed by atoms with E-state index in [-0.39, 0.29) is 12.5 Å². The predicted octanol–water partition coefficient (Wildman–Crippen LogP) is 0.957. The molecule has 2 aromatic rings. The van der Waals surface area contributed by atoms with Crippen LogP contribution in [0.5, 0.6) is 0 Å². The van der Waals surface area contributed by atoms with E-state index in [1.165, 1.54) is 6.20 Å². The molecular weight excluding hydrogens is 254 g/mol. The molecule has 2 aromatic heterocycles. The number of carbonyl (C=O) groups is 1. The summed E-state index contributed by atoms with van der Waals surface area (Å²) in [5.41, 5.74) is 6.46. The Hall–Kier alpha value is -2.58. The molecule has 0 bridgehead atoms. The molecule has 0 aliphatic rings. The van der Waals surface area contributed by atoms with Crippen LogP contribution in [0.3, 0.4) is 0 Å². The monoisotopic (exact) mass is 269 g/mol. The van der Waals surface area contributed by atoms with Gasteiger partial charge in [0.25, 0.3) is 5.91 Å². The minimum absolute atomic E-state index is 0.180. The van der Waals surface area contributed by atoms with E-state index in [4.69, 9.17) is 10.2 Å². The number of furan rings is 1. The molecule has 102 valence electrons. The molecule has 0 fully saturated rings. The molecule has 5 nitrogen and oxygen atoms in total. The summed E-state index contributed by atoms with van der Waals surface area (Å²) >= 11 is 0. The summed E-state index contributed by atoms with van der Waals surface area (Å²) in [4.78, 5) is 15.9. The van der Waals surface area contributed by atoms with E-state index in [1.807, 2.05) is 12.1 Å². The smallest absolute Gasteiger partial charge is 0.252 e. The molecule has 0 spiro atoms. The Morgan fingerprint density at radius 1 is 1.45 bits per heavy atom. The van der Waals surface area contributed by atoms with Crippen LogP contribution >= 0.6 is 0 Å². The van der Waals surface area contributed by atoms with E-state index >= 15 is 0 Å².